The van der Waals surface area contributed by atoms with Crippen LogP contribution in [0.1, 0.15) is 40.9 Å². The quantitative estimate of drug-likeness (QED) is 0.674. The Kier molecular flexibility index (Phi) is 4.46. The highest BCUT2D eigenvalue weighted by Gasteiger charge is 2.16. The fraction of sp³-hybridized carbons (Fsp3) is 0.235. The van der Waals surface area contributed by atoms with Crippen LogP contribution in [0.15, 0.2) is 36.4 Å². The Bertz CT molecular complexity index is 629. The third kappa shape index (κ3) is 2.70. The third-order valence-electron chi connectivity index (χ3n) is 3.50. The number of benzene rings is 2. The molecule has 3 heteroatoms. The van der Waals surface area contributed by atoms with Crippen molar-refractivity contribution < 1.29 is 4.79 Å². The van der Waals surface area contributed by atoms with Gasteiger partial charge in [0.1, 0.15) is 0 Å². The van der Waals surface area contributed by atoms with Crippen molar-refractivity contribution in [2.24, 2.45) is 0 Å². The van der Waals surface area contributed by atoms with Gasteiger partial charge in [-0.15, -0.1) is 0 Å². The van der Waals surface area contributed by atoms with Crippen LogP contribution >= 0.6 is 11.6 Å². The minimum Gasteiger partial charge on any atom is -0.398 e. The number of anilines is 1. The SMILES string of the molecule is CCc1ccc(C(=O)c2c(N)cccc2Cl)cc1CC. The van der Waals surface area contributed by atoms with Gasteiger partial charge >= 0.3 is 0 Å². The van der Waals surface area contributed by atoms with Gasteiger partial charge in [0.05, 0.1) is 10.6 Å². The van der Waals surface area contributed by atoms with Gasteiger partial charge in [-0.1, -0.05) is 43.6 Å². The number of carbonyl (C=O) groups is 1. The summed E-state index contributed by atoms with van der Waals surface area (Å²) in [7, 11) is 0. The molecule has 20 heavy (non-hydrogen) atoms. The summed E-state index contributed by atoms with van der Waals surface area (Å²) in [4.78, 5) is 12.6. The molecule has 0 aliphatic carbocycles. The summed E-state index contributed by atoms with van der Waals surface area (Å²) in [6.07, 6.45) is 1.87. The number of carbonyl (C=O) groups excluding carboxylic acids is 1. The van der Waals surface area contributed by atoms with Gasteiger partial charge in [-0.25, -0.2) is 0 Å². The molecule has 0 atom stereocenters. The highest BCUT2D eigenvalue weighted by Crippen LogP contribution is 2.26. The molecule has 0 aliphatic heterocycles. The van der Waals surface area contributed by atoms with E-state index in [1.165, 1.54) is 11.1 Å². The van der Waals surface area contributed by atoms with E-state index in [1.54, 1.807) is 18.2 Å². The van der Waals surface area contributed by atoms with Crippen molar-refractivity contribution in [1.29, 1.82) is 0 Å². The fourth-order valence-electron chi connectivity index (χ4n) is 2.37. The van der Waals surface area contributed by atoms with Crippen molar-refractivity contribution in [3.8, 4) is 0 Å². The molecule has 104 valence electrons. The molecule has 0 bridgehead atoms. The Hall–Kier alpha value is -1.80. The van der Waals surface area contributed by atoms with Crippen LogP contribution in [0.25, 0.3) is 0 Å². The molecule has 0 heterocycles. The number of nitrogens with two attached hydrogens (primary N) is 1. The molecule has 2 aromatic rings. The Morgan fingerprint density at radius 3 is 2.40 bits per heavy atom. The Morgan fingerprint density at radius 1 is 1.10 bits per heavy atom. The van der Waals surface area contributed by atoms with Crippen LogP contribution in [-0.4, -0.2) is 5.78 Å². The monoisotopic (exact) mass is 287 g/mol. The molecule has 0 saturated carbocycles. The zero-order valence-electron chi connectivity index (χ0n) is 11.7. The van der Waals surface area contributed by atoms with Crippen LogP contribution in [0.2, 0.25) is 5.02 Å². The average Bonchev–Trinajstić information content (AvgIpc) is 2.46. The summed E-state index contributed by atoms with van der Waals surface area (Å²) in [6.45, 7) is 4.20. The zero-order chi connectivity index (χ0) is 14.7. The van der Waals surface area contributed by atoms with Gasteiger partial charge in [0.2, 0.25) is 0 Å². The van der Waals surface area contributed by atoms with E-state index >= 15 is 0 Å². The summed E-state index contributed by atoms with van der Waals surface area (Å²) in [5.41, 5.74) is 9.80. The van der Waals surface area contributed by atoms with Gasteiger partial charge in [0, 0.05) is 11.3 Å². The van der Waals surface area contributed by atoms with Crippen LogP contribution in [0.3, 0.4) is 0 Å². The number of hydrogen-bond donors (Lipinski definition) is 1. The van der Waals surface area contributed by atoms with E-state index in [4.69, 9.17) is 17.3 Å². The van der Waals surface area contributed by atoms with Crippen molar-refractivity contribution in [1.82, 2.24) is 0 Å². The molecule has 2 N–H and O–H groups in total. The van der Waals surface area contributed by atoms with Crippen molar-refractivity contribution >= 4 is 23.1 Å². The maximum atomic E-state index is 12.6. The van der Waals surface area contributed by atoms with Gasteiger partial charge in [-0.3, -0.25) is 4.79 Å². The second-order valence-corrected chi connectivity index (χ2v) is 5.13. The van der Waals surface area contributed by atoms with E-state index < -0.39 is 0 Å². The molecule has 0 amide bonds. The van der Waals surface area contributed by atoms with Crippen LogP contribution in [0.5, 0.6) is 0 Å². The van der Waals surface area contributed by atoms with E-state index in [0.29, 0.717) is 21.8 Å². The predicted octanol–water partition coefficient (Wildman–Crippen LogP) is 4.28. The molecule has 0 aromatic heterocycles. The lowest BCUT2D eigenvalue weighted by Crippen LogP contribution is -2.07. The lowest BCUT2D eigenvalue weighted by atomic mass is 9.95. The molecule has 0 radical (unpaired) electrons. The molecule has 2 rings (SSSR count). The van der Waals surface area contributed by atoms with Gasteiger partial charge in [-0.2, -0.15) is 0 Å². The maximum Gasteiger partial charge on any atom is 0.196 e. The second-order valence-electron chi connectivity index (χ2n) is 4.72. The Balaban J connectivity index is 2.49. The fourth-order valence-corrected chi connectivity index (χ4v) is 2.63. The number of aryl methyl sites for hydroxylation is 2. The summed E-state index contributed by atoms with van der Waals surface area (Å²) in [5, 5.41) is 0.396. The molecule has 2 nitrogen and oxygen atoms in total. The molecule has 0 saturated heterocycles. The van der Waals surface area contributed by atoms with Gasteiger partial charge < -0.3 is 5.73 Å². The number of ketones is 1. The summed E-state index contributed by atoms with van der Waals surface area (Å²) in [5.74, 6) is -0.120. The molecule has 0 unspecified atom stereocenters. The first-order chi connectivity index (χ1) is 9.58. The highest BCUT2D eigenvalue weighted by atomic mass is 35.5. The number of nitrogen functional groups attached to an aromatic ring is 1. The summed E-state index contributed by atoms with van der Waals surface area (Å²) >= 11 is 6.11. The van der Waals surface area contributed by atoms with E-state index in [-0.39, 0.29) is 5.78 Å². The van der Waals surface area contributed by atoms with Gasteiger partial charge in [0.15, 0.2) is 5.78 Å². The maximum absolute atomic E-state index is 12.6. The summed E-state index contributed by atoms with van der Waals surface area (Å²) < 4.78 is 0. The predicted molar refractivity (Wildman–Crippen MR) is 84.5 cm³/mol. The van der Waals surface area contributed by atoms with E-state index in [0.717, 1.165) is 12.8 Å². The minimum atomic E-state index is -0.120. The summed E-state index contributed by atoms with van der Waals surface area (Å²) in [6, 6.07) is 10.9. The molecule has 0 aliphatic rings. The lowest BCUT2D eigenvalue weighted by molar-refractivity contribution is 0.103. The number of hydrogen-bond acceptors (Lipinski definition) is 2. The smallest absolute Gasteiger partial charge is 0.196 e. The number of rotatable bonds is 4. The highest BCUT2D eigenvalue weighted by molar-refractivity contribution is 6.35. The molecule has 2 aromatic carbocycles. The van der Waals surface area contributed by atoms with Crippen LogP contribution in [-0.2, 0) is 12.8 Å². The normalized spacial score (nSPS) is 10.6. The first kappa shape index (κ1) is 14.6. The van der Waals surface area contributed by atoms with Gasteiger partial charge in [-0.05, 0) is 42.2 Å². The van der Waals surface area contributed by atoms with E-state index in [1.807, 2.05) is 18.2 Å². The molecule has 0 spiro atoms. The molecule has 0 fully saturated rings. The first-order valence-electron chi connectivity index (χ1n) is 6.79. The molecular formula is C17H18ClNO. The Labute approximate surface area is 124 Å². The van der Waals surface area contributed by atoms with E-state index in [9.17, 15) is 4.79 Å². The van der Waals surface area contributed by atoms with Crippen LogP contribution < -0.4 is 5.73 Å². The van der Waals surface area contributed by atoms with Crippen molar-refractivity contribution in [3.05, 3.63) is 63.7 Å². The van der Waals surface area contributed by atoms with Crippen molar-refractivity contribution in [2.75, 3.05) is 5.73 Å². The topological polar surface area (TPSA) is 43.1 Å². The Morgan fingerprint density at radius 2 is 1.80 bits per heavy atom. The first-order valence-corrected chi connectivity index (χ1v) is 7.16. The average molecular weight is 288 g/mol. The van der Waals surface area contributed by atoms with Crippen molar-refractivity contribution in [2.45, 2.75) is 26.7 Å². The largest absolute Gasteiger partial charge is 0.398 e. The van der Waals surface area contributed by atoms with Crippen LogP contribution in [0.4, 0.5) is 5.69 Å². The molecular weight excluding hydrogens is 270 g/mol. The van der Waals surface area contributed by atoms with Crippen LogP contribution in [0, 0.1) is 0 Å². The minimum absolute atomic E-state index is 0.120. The standard InChI is InChI=1S/C17H18ClNO/c1-3-11-8-9-13(10-12(11)4-2)17(20)16-14(18)6-5-7-15(16)19/h5-10H,3-4,19H2,1-2H3. The van der Waals surface area contributed by atoms with Crippen molar-refractivity contribution in [3.63, 3.8) is 0 Å². The zero-order valence-corrected chi connectivity index (χ0v) is 12.5. The lowest BCUT2D eigenvalue weighted by Gasteiger charge is -2.10. The van der Waals surface area contributed by atoms with E-state index in [2.05, 4.69) is 13.8 Å². The number of halogens is 1. The van der Waals surface area contributed by atoms with Gasteiger partial charge in [0.25, 0.3) is 0 Å². The second kappa shape index (κ2) is 6.10. The third-order valence-corrected chi connectivity index (χ3v) is 3.82.